The summed E-state index contributed by atoms with van der Waals surface area (Å²) in [6.07, 6.45) is 1.71. The number of hydrogen-bond donors (Lipinski definition) is 2. The van der Waals surface area contributed by atoms with Crippen LogP contribution in [0, 0.1) is 6.92 Å². The van der Waals surface area contributed by atoms with Gasteiger partial charge < -0.3 is 10.8 Å². The largest absolute Gasteiger partial charge is 0.360 e. The van der Waals surface area contributed by atoms with Crippen LogP contribution in [0.15, 0.2) is 23.1 Å². The first kappa shape index (κ1) is 8.49. The monoisotopic (exact) mass is 191 g/mol. The Morgan fingerprint density at radius 3 is 2.93 bits per heavy atom. The number of aromatic nitrogens is 4. The van der Waals surface area contributed by atoms with Gasteiger partial charge in [-0.1, -0.05) is 0 Å². The van der Waals surface area contributed by atoms with Crippen molar-refractivity contribution in [1.82, 2.24) is 19.9 Å². The Balaban J connectivity index is 2.68. The Morgan fingerprint density at radius 2 is 2.29 bits per heavy atom. The minimum Gasteiger partial charge on any atom is -0.360 e. The second-order valence-corrected chi connectivity index (χ2v) is 2.85. The number of nitrogens with one attached hydrogen (secondary N) is 1. The van der Waals surface area contributed by atoms with Crippen LogP contribution < -0.4 is 11.4 Å². The molecule has 0 aliphatic carbocycles. The summed E-state index contributed by atoms with van der Waals surface area (Å²) in [5.41, 5.74) is 0.477. The third-order valence-corrected chi connectivity index (χ3v) is 1.92. The van der Waals surface area contributed by atoms with Crippen LogP contribution in [0.3, 0.4) is 0 Å². The van der Waals surface area contributed by atoms with Gasteiger partial charge in [0.2, 0.25) is 0 Å². The number of nitrogens with two attached hydrogens (primary N) is 1. The zero-order valence-corrected chi connectivity index (χ0v) is 7.56. The minimum absolute atomic E-state index is 0.225. The Morgan fingerprint density at radius 1 is 1.50 bits per heavy atom. The van der Waals surface area contributed by atoms with Crippen LogP contribution in [0.25, 0.3) is 11.4 Å². The maximum absolute atomic E-state index is 11.6. The van der Waals surface area contributed by atoms with Gasteiger partial charge in [0.25, 0.3) is 5.56 Å². The van der Waals surface area contributed by atoms with E-state index >= 15 is 0 Å². The summed E-state index contributed by atoms with van der Waals surface area (Å²) in [5.74, 6) is 5.86. The lowest BCUT2D eigenvalue weighted by molar-refractivity contribution is 0.772. The maximum Gasteiger partial charge on any atom is 0.300 e. The van der Waals surface area contributed by atoms with Gasteiger partial charge in [0.1, 0.15) is 0 Å². The van der Waals surface area contributed by atoms with Crippen molar-refractivity contribution in [1.29, 1.82) is 0 Å². The van der Waals surface area contributed by atoms with E-state index in [1.807, 2.05) is 0 Å². The highest BCUT2D eigenvalue weighted by Gasteiger charge is 2.09. The third kappa shape index (κ3) is 1.17. The summed E-state index contributed by atoms with van der Waals surface area (Å²) in [6, 6.07) is 3.51. The second kappa shape index (κ2) is 2.99. The molecule has 6 heteroatoms. The molecule has 0 aliphatic rings. The summed E-state index contributed by atoms with van der Waals surface area (Å²) in [6.45, 7) is 1.62. The van der Waals surface area contributed by atoms with Crippen molar-refractivity contribution in [3.05, 3.63) is 34.5 Å². The van der Waals surface area contributed by atoms with Crippen LogP contribution in [-0.4, -0.2) is 19.9 Å². The lowest BCUT2D eigenvalue weighted by Gasteiger charge is -2.02. The fourth-order valence-corrected chi connectivity index (χ4v) is 1.12. The minimum atomic E-state index is -0.361. The molecule has 2 aromatic rings. The number of H-pyrrole nitrogens is 1. The molecular formula is C8H9N5O. The van der Waals surface area contributed by atoms with E-state index in [0.717, 1.165) is 4.68 Å². The Kier molecular flexibility index (Phi) is 1.81. The van der Waals surface area contributed by atoms with Crippen molar-refractivity contribution in [2.24, 2.45) is 0 Å². The lowest BCUT2D eigenvalue weighted by atomic mass is 10.3. The highest BCUT2D eigenvalue weighted by Crippen LogP contribution is 2.07. The molecule has 0 saturated heterocycles. The zero-order chi connectivity index (χ0) is 10.1. The van der Waals surface area contributed by atoms with Crippen LogP contribution in [0.5, 0.6) is 0 Å². The van der Waals surface area contributed by atoms with Crippen molar-refractivity contribution < 1.29 is 0 Å². The molecule has 0 fully saturated rings. The SMILES string of the molecule is Cc1nnc(-c2ccc[nH]2)c(=O)n1N. The number of aryl methyl sites for hydroxylation is 1. The van der Waals surface area contributed by atoms with Crippen LogP contribution in [0.4, 0.5) is 0 Å². The summed E-state index contributed by atoms with van der Waals surface area (Å²) in [7, 11) is 0. The highest BCUT2D eigenvalue weighted by atomic mass is 16.1. The van der Waals surface area contributed by atoms with E-state index in [-0.39, 0.29) is 11.3 Å². The van der Waals surface area contributed by atoms with Crippen molar-refractivity contribution in [3.63, 3.8) is 0 Å². The first-order chi connectivity index (χ1) is 6.70. The van der Waals surface area contributed by atoms with E-state index < -0.39 is 0 Å². The van der Waals surface area contributed by atoms with Gasteiger partial charge in [-0.15, -0.1) is 10.2 Å². The Hall–Kier alpha value is -2.11. The Labute approximate surface area is 79.4 Å². The van der Waals surface area contributed by atoms with E-state index in [9.17, 15) is 4.79 Å². The zero-order valence-electron chi connectivity index (χ0n) is 7.56. The molecule has 0 spiro atoms. The van der Waals surface area contributed by atoms with Crippen LogP contribution >= 0.6 is 0 Å². The number of hydrogen-bond acceptors (Lipinski definition) is 4. The van der Waals surface area contributed by atoms with E-state index in [1.165, 1.54) is 0 Å². The summed E-state index contributed by atoms with van der Waals surface area (Å²) in [4.78, 5) is 14.5. The molecule has 14 heavy (non-hydrogen) atoms. The van der Waals surface area contributed by atoms with Crippen LogP contribution in [0.2, 0.25) is 0 Å². The fourth-order valence-electron chi connectivity index (χ4n) is 1.12. The molecule has 2 rings (SSSR count). The highest BCUT2D eigenvalue weighted by molar-refractivity contribution is 5.51. The fraction of sp³-hybridized carbons (Fsp3) is 0.125. The standard InChI is InChI=1S/C8H9N5O/c1-5-11-12-7(8(14)13(5)9)6-3-2-4-10-6/h2-4,10H,9H2,1H3. The number of rotatable bonds is 1. The third-order valence-electron chi connectivity index (χ3n) is 1.92. The molecule has 0 aliphatic heterocycles. The van der Waals surface area contributed by atoms with E-state index in [4.69, 9.17) is 5.84 Å². The predicted molar refractivity (Wildman–Crippen MR) is 51.0 cm³/mol. The molecule has 6 nitrogen and oxygen atoms in total. The van der Waals surface area contributed by atoms with Crippen molar-refractivity contribution in [2.45, 2.75) is 6.92 Å². The van der Waals surface area contributed by atoms with Crippen molar-refractivity contribution >= 4 is 0 Å². The summed E-state index contributed by atoms with van der Waals surface area (Å²) < 4.78 is 0.975. The van der Waals surface area contributed by atoms with Crippen LogP contribution in [0.1, 0.15) is 5.82 Å². The average Bonchev–Trinajstić information content (AvgIpc) is 2.67. The normalized spacial score (nSPS) is 10.4. The molecule has 0 bridgehead atoms. The van der Waals surface area contributed by atoms with Gasteiger partial charge in [-0.2, -0.15) is 0 Å². The summed E-state index contributed by atoms with van der Waals surface area (Å²) >= 11 is 0. The first-order valence-electron chi connectivity index (χ1n) is 4.05. The van der Waals surface area contributed by atoms with Gasteiger partial charge in [-0.05, 0) is 19.1 Å². The van der Waals surface area contributed by atoms with Gasteiger partial charge in [-0.3, -0.25) is 4.79 Å². The van der Waals surface area contributed by atoms with E-state index in [2.05, 4.69) is 15.2 Å². The van der Waals surface area contributed by atoms with Gasteiger partial charge >= 0.3 is 0 Å². The van der Waals surface area contributed by atoms with Crippen molar-refractivity contribution in [2.75, 3.05) is 5.84 Å². The average molecular weight is 191 g/mol. The van der Waals surface area contributed by atoms with Gasteiger partial charge in [0, 0.05) is 6.20 Å². The first-order valence-corrected chi connectivity index (χ1v) is 4.05. The molecular weight excluding hydrogens is 182 g/mol. The smallest absolute Gasteiger partial charge is 0.300 e. The molecule has 3 N–H and O–H groups in total. The molecule has 2 aromatic heterocycles. The molecule has 0 saturated carbocycles. The topological polar surface area (TPSA) is 89.6 Å². The quantitative estimate of drug-likeness (QED) is 0.603. The number of nitrogen functional groups attached to an aromatic ring is 1. The molecule has 72 valence electrons. The molecule has 0 aromatic carbocycles. The number of aromatic amines is 1. The lowest BCUT2D eigenvalue weighted by Crippen LogP contribution is -2.32. The Bertz CT molecular complexity index is 499. The van der Waals surface area contributed by atoms with E-state index in [0.29, 0.717) is 11.5 Å². The second-order valence-electron chi connectivity index (χ2n) is 2.85. The molecule has 0 unspecified atom stereocenters. The van der Waals surface area contributed by atoms with E-state index in [1.54, 1.807) is 25.3 Å². The molecule has 2 heterocycles. The van der Waals surface area contributed by atoms with Gasteiger partial charge in [0.15, 0.2) is 11.5 Å². The number of nitrogens with zero attached hydrogens (tertiary/aromatic N) is 3. The molecule has 0 amide bonds. The van der Waals surface area contributed by atoms with Crippen LogP contribution in [-0.2, 0) is 0 Å². The maximum atomic E-state index is 11.6. The van der Waals surface area contributed by atoms with Gasteiger partial charge in [0.05, 0.1) is 5.69 Å². The molecule has 0 atom stereocenters. The predicted octanol–water partition coefficient (Wildman–Crippen LogP) is -0.344. The summed E-state index contributed by atoms with van der Waals surface area (Å²) in [5, 5.41) is 7.55. The van der Waals surface area contributed by atoms with Crippen molar-refractivity contribution in [3.8, 4) is 11.4 Å². The molecule has 0 radical (unpaired) electrons. The van der Waals surface area contributed by atoms with Gasteiger partial charge in [-0.25, -0.2) is 4.68 Å².